The normalized spacial score (nSPS) is 16.5. The molecule has 26 heavy (non-hydrogen) atoms. The van der Waals surface area contributed by atoms with Gasteiger partial charge in [0.25, 0.3) is 10.0 Å². The molecule has 3 rings (SSSR count). The zero-order valence-corrected chi connectivity index (χ0v) is 15.3. The molecular weight excluding hydrogens is 384 g/mol. The third-order valence-corrected chi connectivity index (χ3v) is 7.26. The lowest BCUT2D eigenvalue weighted by molar-refractivity contribution is -0.117. The van der Waals surface area contributed by atoms with Crippen LogP contribution in [0.4, 0.5) is 14.5 Å². The quantitative estimate of drug-likeness (QED) is 0.832. The van der Waals surface area contributed by atoms with Crippen molar-refractivity contribution >= 4 is 33.0 Å². The van der Waals surface area contributed by atoms with Crippen LogP contribution in [0.1, 0.15) is 0 Å². The van der Waals surface area contributed by atoms with E-state index in [0.717, 1.165) is 18.2 Å². The molecule has 0 aliphatic carbocycles. The topological polar surface area (TPSA) is 69.7 Å². The van der Waals surface area contributed by atoms with Crippen LogP contribution >= 0.6 is 11.3 Å². The summed E-state index contributed by atoms with van der Waals surface area (Å²) in [6.45, 7) is 1.26. The molecule has 0 spiro atoms. The maximum absolute atomic E-state index is 13.6. The molecular formula is C16H17F2N3O3S2. The van der Waals surface area contributed by atoms with Crippen molar-refractivity contribution < 1.29 is 22.0 Å². The lowest BCUT2D eigenvalue weighted by Crippen LogP contribution is -2.50. The molecule has 140 valence electrons. The van der Waals surface area contributed by atoms with Crippen LogP contribution in [-0.4, -0.2) is 56.3 Å². The number of sulfonamides is 1. The zero-order chi connectivity index (χ0) is 18.7. The summed E-state index contributed by atoms with van der Waals surface area (Å²) < 4.78 is 53.3. The van der Waals surface area contributed by atoms with Crippen molar-refractivity contribution in [2.75, 3.05) is 38.0 Å². The number of rotatable bonds is 5. The van der Waals surface area contributed by atoms with Gasteiger partial charge in [0.1, 0.15) is 15.8 Å². The number of halogens is 2. The summed E-state index contributed by atoms with van der Waals surface area (Å²) in [5.74, 6) is -1.84. The fraction of sp³-hybridized carbons (Fsp3) is 0.312. The Morgan fingerprint density at radius 3 is 2.54 bits per heavy atom. The summed E-state index contributed by atoms with van der Waals surface area (Å²) in [4.78, 5) is 13.8. The van der Waals surface area contributed by atoms with Gasteiger partial charge in [-0.25, -0.2) is 17.2 Å². The van der Waals surface area contributed by atoms with Crippen LogP contribution < -0.4 is 5.32 Å². The summed E-state index contributed by atoms with van der Waals surface area (Å²) in [6.07, 6.45) is 0. The van der Waals surface area contributed by atoms with Crippen molar-refractivity contribution in [1.82, 2.24) is 9.21 Å². The third-order valence-electron chi connectivity index (χ3n) is 3.99. The molecule has 1 aliphatic rings. The largest absolute Gasteiger partial charge is 0.322 e. The number of hydrogen-bond acceptors (Lipinski definition) is 5. The molecule has 0 atom stereocenters. The van der Waals surface area contributed by atoms with Crippen LogP contribution in [0.25, 0.3) is 0 Å². The Morgan fingerprint density at radius 1 is 1.15 bits per heavy atom. The highest BCUT2D eigenvalue weighted by Gasteiger charge is 2.29. The van der Waals surface area contributed by atoms with E-state index in [0.29, 0.717) is 17.3 Å². The second-order valence-corrected chi connectivity index (χ2v) is 8.90. The van der Waals surface area contributed by atoms with Crippen molar-refractivity contribution in [3.63, 3.8) is 0 Å². The molecule has 1 aromatic heterocycles. The molecule has 2 aromatic rings. The fourth-order valence-corrected chi connectivity index (χ4v) is 5.22. The highest BCUT2D eigenvalue weighted by Crippen LogP contribution is 2.22. The van der Waals surface area contributed by atoms with Gasteiger partial charge < -0.3 is 5.32 Å². The highest BCUT2D eigenvalue weighted by atomic mass is 32.2. The number of carbonyl (C=O) groups is 1. The molecule has 10 heteroatoms. The van der Waals surface area contributed by atoms with Gasteiger partial charge in [-0.05, 0) is 23.6 Å². The average Bonchev–Trinajstić information content (AvgIpc) is 3.14. The lowest BCUT2D eigenvalue weighted by Gasteiger charge is -2.33. The minimum atomic E-state index is -3.50. The Labute approximate surface area is 154 Å². The molecule has 0 unspecified atom stereocenters. The summed E-state index contributed by atoms with van der Waals surface area (Å²) in [6, 6.07) is 6.08. The van der Waals surface area contributed by atoms with Gasteiger partial charge >= 0.3 is 0 Å². The Bertz CT molecular complexity index is 880. The predicted molar refractivity (Wildman–Crippen MR) is 94.5 cm³/mol. The van der Waals surface area contributed by atoms with Crippen molar-refractivity contribution in [2.45, 2.75) is 4.21 Å². The Balaban J connectivity index is 1.54. The van der Waals surface area contributed by atoms with Crippen molar-refractivity contribution in [3.8, 4) is 0 Å². The first kappa shape index (κ1) is 18.9. The van der Waals surface area contributed by atoms with Crippen molar-refractivity contribution in [1.29, 1.82) is 0 Å². The monoisotopic (exact) mass is 401 g/mol. The Hall–Kier alpha value is -1.88. The number of anilines is 1. The first-order chi connectivity index (χ1) is 12.4. The summed E-state index contributed by atoms with van der Waals surface area (Å²) in [7, 11) is -3.50. The van der Waals surface area contributed by atoms with E-state index in [2.05, 4.69) is 5.32 Å². The number of nitrogens with one attached hydrogen (secondary N) is 1. The minimum absolute atomic E-state index is 0.0250. The second kappa shape index (κ2) is 7.78. The number of amides is 1. The standard InChI is InChI=1S/C16H17F2N3O3S2/c17-12-3-4-13(18)14(10-12)19-15(22)11-20-5-7-21(8-6-20)26(23,24)16-2-1-9-25-16/h1-4,9-10H,5-8,11H2,(H,19,22). The lowest BCUT2D eigenvalue weighted by atomic mass is 10.3. The van der Waals surface area contributed by atoms with E-state index >= 15 is 0 Å². The SMILES string of the molecule is O=C(CN1CCN(S(=O)(=O)c2cccs2)CC1)Nc1cc(F)ccc1F. The van der Waals surface area contributed by atoms with E-state index in [4.69, 9.17) is 0 Å². The summed E-state index contributed by atoms with van der Waals surface area (Å²) >= 11 is 1.17. The molecule has 2 heterocycles. The molecule has 1 amide bonds. The van der Waals surface area contributed by atoms with Crippen LogP contribution in [0, 0.1) is 11.6 Å². The Morgan fingerprint density at radius 2 is 1.88 bits per heavy atom. The van der Waals surface area contributed by atoms with Crippen molar-refractivity contribution in [2.24, 2.45) is 0 Å². The van der Waals surface area contributed by atoms with Gasteiger partial charge in [-0.15, -0.1) is 11.3 Å². The first-order valence-corrected chi connectivity index (χ1v) is 10.2. The number of carbonyl (C=O) groups excluding carboxylic acids is 1. The van der Waals surface area contributed by atoms with Crippen LogP contribution in [-0.2, 0) is 14.8 Å². The van der Waals surface area contributed by atoms with Crippen molar-refractivity contribution in [3.05, 3.63) is 47.3 Å². The Kier molecular flexibility index (Phi) is 5.66. The number of hydrogen-bond donors (Lipinski definition) is 1. The van der Waals surface area contributed by atoms with E-state index in [1.165, 1.54) is 15.6 Å². The minimum Gasteiger partial charge on any atom is -0.322 e. The smallest absolute Gasteiger partial charge is 0.252 e. The summed E-state index contributed by atoms with van der Waals surface area (Å²) in [5, 5.41) is 4.04. The van der Waals surface area contributed by atoms with Gasteiger partial charge in [-0.1, -0.05) is 6.07 Å². The van der Waals surface area contributed by atoms with Gasteiger partial charge in [0, 0.05) is 32.2 Å². The van der Waals surface area contributed by atoms with Crippen LogP contribution in [0.15, 0.2) is 39.9 Å². The zero-order valence-electron chi connectivity index (χ0n) is 13.7. The van der Waals surface area contributed by atoms with E-state index in [1.54, 1.807) is 22.4 Å². The molecule has 1 aliphatic heterocycles. The van der Waals surface area contributed by atoms with Gasteiger partial charge in [0.2, 0.25) is 5.91 Å². The average molecular weight is 401 g/mol. The van der Waals surface area contributed by atoms with Crippen LogP contribution in [0.5, 0.6) is 0 Å². The van der Waals surface area contributed by atoms with E-state index in [-0.39, 0.29) is 25.3 Å². The number of benzene rings is 1. The molecule has 6 nitrogen and oxygen atoms in total. The number of piperazine rings is 1. The van der Waals surface area contributed by atoms with Gasteiger partial charge in [0.05, 0.1) is 12.2 Å². The molecule has 1 saturated heterocycles. The van der Waals surface area contributed by atoms with Crippen LogP contribution in [0.2, 0.25) is 0 Å². The molecule has 0 bridgehead atoms. The molecule has 0 saturated carbocycles. The predicted octanol–water partition coefficient (Wildman–Crippen LogP) is 1.97. The highest BCUT2D eigenvalue weighted by molar-refractivity contribution is 7.91. The number of nitrogens with zero attached hydrogens (tertiary/aromatic N) is 2. The second-order valence-electron chi connectivity index (χ2n) is 5.78. The maximum atomic E-state index is 13.6. The summed E-state index contributed by atoms with van der Waals surface area (Å²) in [5.41, 5.74) is -0.214. The third kappa shape index (κ3) is 4.26. The molecule has 0 radical (unpaired) electrons. The maximum Gasteiger partial charge on any atom is 0.252 e. The first-order valence-electron chi connectivity index (χ1n) is 7.87. The van der Waals surface area contributed by atoms with E-state index in [9.17, 15) is 22.0 Å². The molecule has 1 aromatic carbocycles. The molecule has 1 fully saturated rings. The fourth-order valence-electron chi connectivity index (χ4n) is 2.65. The van der Waals surface area contributed by atoms with Crippen LogP contribution in [0.3, 0.4) is 0 Å². The van der Waals surface area contributed by atoms with Gasteiger partial charge in [-0.3, -0.25) is 9.69 Å². The van der Waals surface area contributed by atoms with E-state index in [1.807, 2.05) is 0 Å². The van der Waals surface area contributed by atoms with E-state index < -0.39 is 27.6 Å². The van der Waals surface area contributed by atoms with Gasteiger partial charge in [0.15, 0.2) is 0 Å². The van der Waals surface area contributed by atoms with Gasteiger partial charge in [-0.2, -0.15) is 4.31 Å². The molecule has 1 N–H and O–H groups in total. The number of thiophene rings is 1.